The summed E-state index contributed by atoms with van der Waals surface area (Å²) in [6.45, 7) is 6.18. The summed E-state index contributed by atoms with van der Waals surface area (Å²) in [5.41, 5.74) is 0. The summed E-state index contributed by atoms with van der Waals surface area (Å²) in [4.78, 5) is 12.2. The minimum absolute atomic E-state index is 0.486. The van der Waals surface area contributed by atoms with Gasteiger partial charge in [-0.2, -0.15) is 0 Å². The van der Waals surface area contributed by atoms with Gasteiger partial charge in [0.2, 0.25) is 0 Å². The van der Waals surface area contributed by atoms with E-state index in [9.17, 15) is 0 Å². The summed E-state index contributed by atoms with van der Waals surface area (Å²) in [7, 11) is 1.64. The van der Waals surface area contributed by atoms with E-state index in [0.717, 1.165) is 32.8 Å². The lowest BCUT2D eigenvalue weighted by Gasteiger charge is -2.25. The zero-order valence-corrected chi connectivity index (χ0v) is 8.74. The Bertz CT molecular complexity index is 128. The summed E-state index contributed by atoms with van der Waals surface area (Å²) in [5, 5.41) is 0. The molecule has 1 aliphatic heterocycles. The minimum Gasteiger partial charge on any atom is -0.382 e. The first-order chi connectivity index (χ1) is 6.93. The molecule has 14 heavy (non-hydrogen) atoms. The molecular formula is C9H19NO4. The number of methoxy groups -OCH3 is 1. The molecule has 1 fully saturated rings. The molecule has 0 aromatic rings. The van der Waals surface area contributed by atoms with Gasteiger partial charge in [0, 0.05) is 26.7 Å². The van der Waals surface area contributed by atoms with Crippen LogP contribution in [0, 0.1) is 0 Å². The molecule has 0 amide bonds. The Kier molecular flexibility index (Phi) is 6.90. The average Bonchev–Trinajstić information content (AvgIpc) is 2.25. The van der Waals surface area contributed by atoms with Crippen LogP contribution in [-0.4, -0.2) is 64.7 Å². The zero-order chi connectivity index (χ0) is 10.1. The summed E-state index contributed by atoms with van der Waals surface area (Å²) in [6.07, 6.45) is 0. The third kappa shape index (κ3) is 5.51. The van der Waals surface area contributed by atoms with Crippen LogP contribution in [0.15, 0.2) is 0 Å². The molecule has 5 nitrogen and oxygen atoms in total. The summed E-state index contributed by atoms with van der Waals surface area (Å²) >= 11 is 0. The van der Waals surface area contributed by atoms with Crippen LogP contribution in [0.5, 0.6) is 0 Å². The summed E-state index contributed by atoms with van der Waals surface area (Å²) < 4.78 is 10.0. The van der Waals surface area contributed by atoms with Crippen molar-refractivity contribution < 1.29 is 19.2 Å². The van der Waals surface area contributed by atoms with E-state index in [2.05, 4.69) is 4.90 Å². The molecule has 5 heteroatoms. The van der Waals surface area contributed by atoms with Gasteiger partial charge in [-0.3, -0.25) is 4.90 Å². The maximum Gasteiger partial charge on any atom is 0.106 e. The van der Waals surface area contributed by atoms with Crippen LogP contribution in [0.2, 0.25) is 0 Å². The van der Waals surface area contributed by atoms with Gasteiger partial charge in [-0.15, -0.1) is 0 Å². The third-order valence-electron chi connectivity index (χ3n) is 2.05. The van der Waals surface area contributed by atoms with Crippen LogP contribution < -0.4 is 0 Å². The van der Waals surface area contributed by atoms with Gasteiger partial charge in [-0.05, 0) is 0 Å². The molecule has 0 aromatic heterocycles. The van der Waals surface area contributed by atoms with E-state index in [-0.39, 0.29) is 0 Å². The van der Waals surface area contributed by atoms with Crippen molar-refractivity contribution in [1.82, 2.24) is 4.90 Å². The van der Waals surface area contributed by atoms with Crippen molar-refractivity contribution in [3.05, 3.63) is 0 Å². The molecule has 1 heterocycles. The van der Waals surface area contributed by atoms with E-state index in [1.165, 1.54) is 0 Å². The first kappa shape index (κ1) is 11.9. The molecule has 0 spiro atoms. The number of hydrogen-bond donors (Lipinski definition) is 0. The Morgan fingerprint density at radius 2 is 1.79 bits per heavy atom. The first-order valence-corrected chi connectivity index (χ1v) is 4.97. The van der Waals surface area contributed by atoms with Crippen molar-refractivity contribution in [2.24, 2.45) is 0 Å². The van der Waals surface area contributed by atoms with Crippen molar-refractivity contribution in [3.8, 4) is 0 Å². The lowest BCUT2D eigenvalue weighted by Crippen LogP contribution is -2.38. The van der Waals surface area contributed by atoms with Crippen LogP contribution in [0.25, 0.3) is 0 Å². The number of ether oxygens (including phenoxy) is 2. The number of hydrogen-bond acceptors (Lipinski definition) is 5. The van der Waals surface area contributed by atoms with Crippen LogP contribution >= 0.6 is 0 Å². The number of morpholine rings is 1. The topological polar surface area (TPSA) is 40.2 Å². The molecular weight excluding hydrogens is 186 g/mol. The van der Waals surface area contributed by atoms with Gasteiger partial charge in [0.15, 0.2) is 0 Å². The summed E-state index contributed by atoms with van der Waals surface area (Å²) in [5.74, 6) is 0. The predicted molar refractivity (Wildman–Crippen MR) is 51.0 cm³/mol. The van der Waals surface area contributed by atoms with Crippen LogP contribution in [0.1, 0.15) is 0 Å². The van der Waals surface area contributed by atoms with Gasteiger partial charge in [0.25, 0.3) is 0 Å². The van der Waals surface area contributed by atoms with Gasteiger partial charge in [-0.1, -0.05) is 0 Å². The normalized spacial score (nSPS) is 18.6. The fourth-order valence-electron chi connectivity index (χ4n) is 1.23. The quantitative estimate of drug-likeness (QED) is 0.330. The molecule has 1 saturated heterocycles. The second-order valence-corrected chi connectivity index (χ2v) is 3.09. The standard InChI is InChI=1S/C9H19NO4/c1-11-8-9-14-13-7-4-10-2-5-12-6-3-10/h2-9H2,1H3. The van der Waals surface area contributed by atoms with Crippen molar-refractivity contribution in [2.45, 2.75) is 0 Å². The van der Waals surface area contributed by atoms with Crippen molar-refractivity contribution >= 4 is 0 Å². The van der Waals surface area contributed by atoms with E-state index < -0.39 is 0 Å². The molecule has 0 N–H and O–H groups in total. The largest absolute Gasteiger partial charge is 0.382 e. The van der Waals surface area contributed by atoms with Gasteiger partial charge >= 0.3 is 0 Å². The Morgan fingerprint density at radius 1 is 1.07 bits per heavy atom. The average molecular weight is 205 g/mol. The molecule has 0 radical (unpaired) electrons. The van der Waals surface area contributed by atoms with Crippen LogP contribution in [0.4, 0.5) is 0 Å². The Balaban J connectivity index is 1.82. The second-order valence-electron chi connectivity index (χ2n) is 3.09. The van der Waals surface area contributed by atoms with Gasteiger partial charge in [0.1, 0.15) is 6.61 Å². The van der Waals surface area contributed by atoms with E-state index in [0.29, 0.717) is 19.8 Å². The number of rotatable bonds is 7. The lowest BCUT2D eigenvalue weighted by molar-refractivity contribution is -0.299. The maximum atomic E-state index is 5.23. The predicted octanol–water partition coefficient (Wildman–Crippen LogP) is -0.0868. The zero-order valence-electron chi connectivity index (χ0n) is 8.74. The maximum absolute atomic E-state index is 5.23. The fraction of sp³-hybridized carbons (Fsp3) is 1.00. The van der Waals surface area contributed by atoms with Gasteiger partial charge < -0.3 is 9.47 Å². The Morgan fingerprint density at radius 3 is 2.50 bits per heavy atom. The molecule has 1 aliphatic rings. The Labute approximate surface area is 84.8 Å². The van der Waals surface area contributed by atoms with Crippen molar-refractivity contribution in [1.29, 1.82) is 0 Å². The third-order valence-corrected chi connectivity index (χ3v) is 2.05. The van der Waals surface area contributed by atoms with E-state index >= 15 is 0 Å². The lowest BCUT2D eigenvalue weighted by atomic mass is 10.4. The van der Waals surface area contributed by atoms with Gasteiger partial charge in [0.05, 0.1) is 26.4 Å². The molecule has 0 saturated carbocycles. The van der Waals surface area contributed by atoms with Crippen molar-refractivity contribution in [3.63, 3.8) is 0 Å². The fourth-order valence-corrected chi connectivity index (χ4v) is 1.23. The highest BCUT2D eigenvalue weighted by Gasteiger charge is 2.09. The molecule has 0 atom stereocenters. The van der Waals surface area contributed by atoms with E-state index in [1.807, 2.05) is 0 Å². The SMILES string of the molecule is COCCOOCCN1CCOCC1. The van der Waals surface area contributed by atoms with E-state index in [1.54, 1.807) is 7.11 Å². The minimum atomic E-state index is 0.486. The van der Waals surface area contributed by atoms with E-state index in [4.69, 9.17) is 19.2 Å². The molecule has 1 rings (SSSR count). The smallest absolute Gasteiger partial charge is 0.106 e. The second kappa shape index (κ2) is 8.14. The van der Waals surface area contributed by atoms with Gasteiger partial charge in [-0.25, -0.2) is 9.78 Å². The Hall–Kier alpha value is -0.200. The summed E-state index contributed by atoms with van der Waals surface area (Å²) in [6, 6.07) is 0. The highest BCUT2D eigenvalue weighted by molar-refractivity contribution is 4.60. The molecule has 0 unspecified atom stereocenters. The van der Waals surface area contributed by atoms with Crippen LogP contribution in [-0.2, 0) is 19.2 Å². The monoisotopic (exact) mass is 205 g/mol. The van der Waals surface area contributed by atoms with Crippen LogP contribution in [0.3, 0.4) is 0 Å². The molecule has 0 bridgehead atoms. The highest BCUT2D eigenvalue weighted by atomic mass is 17.2. The molecule has 0 aromatic carbocycles. The molecule has 84 valence electrons. The number of nitrogens with zero attached hydrogens (tertiary/aromatic N) is 1. The van der Waals surface area contributed by atoms with Crippen molar-refractivity contribution in [2.75, 3.05) is 59.8 Å². The first-order valence-electron chi connectivity index (χ1n) is 4.97. The highest BCUT2D eigenvalue weighted by Crippen LogP contribution is 1.95. The molecule has 0 aliphatic carbocycles.